The number of benzene rings is 1. The smallest absolute Gasteiger partial charge is 0.316 e. The summed E-state index contributed by atoms with van der Waals surface area (Å²) in [5.74, 6) is -1.22. The van der Waals surface area contributed by atoms with Gasteiger partial charge in [0.15, 0.2) is 5.69 Å². The van der Waals surface area contributed by atoms with Crippen molar-refractivity contribution in [2.75, 3.05) is 5.32 Å². The van der Waals surface area contributed by atoms with E-state index in [1.165, 1.54) is 35.1 Å². The lowest BCUT2D eigenvalue weighted by Crippen LogP contribution is -2.22. The number of urea groups is 1. The molecule has 8 heteroatoms. The molecule has 19 heavy (non-hydrogen) atoms. The number of carbonyl (C=O) groups excluding carboxylic acids is 2. The zero-order chi connectivity index (χ0) is 14.0. The van der Waals surface area contributed by atoms with Gasteiger partial charge in [0.05, 0.1) is 17.6 Å². The highest BCUT2D eigenvalue weighted by Gasteiger charge is 2.16. The van der Waals surface area contributed by atoms with Crippen molar-refractivity contribution in [2.24, 2.45) is 11.5 Å². The molecule has 5 N–H and O–H groups in total. The Labute approximate surface area is 107 Å². The maximum absolute atomic E-state index is 12.8. The van der Waals surface area contributed by atoms with Crippen molar-refractivity contribution in [2.45, 2.75) is 0 Å². The quantitative estimate of drug-likeness (QED) is 0.752. The Morgan fingerprint density at radius 2 is 1.84 bits per heavy atom. The van der Waals surface area contributed by atoms with Gasteiger partial charge >= 0.3 is 6.03 Å². The fourth-order valence-electron chi connectivity index (χ4n) is 1.51. The predicted molar refractivity (Wildman–Crippen MR) is 65.2 cm³/mol. The van der Waals surface area contributed by atoms with Crippen molar-refractivity contribution in [3.63, 3.8) is 0 Å². The largest absolute Gasteiger partial charge is 0.364 e. The third kappa shape index (κ3) is 2.68. The normalized spacial score (nSPS) is 10.2. The van der Waals surface area contributed by atoms with Gasteiger partial charge in [0.25, 0.3) is 5.91 Å². The van der Waals surface area contributed by atoms with Crippen LogP contribution in [-0.4, -0.2) is 21.7 Å². The first-order valence-corrected chi connectivity index (χ1v) is 5.19. The maximum Gasteiger partial charge on any atom is 0.316 e. The van der Waals surface area contributed by atoms with Crippen LogP contribution in [0.15, 0.2) is 30.5 Å². The SMILES string of the molecule is NC(=O)Nc1cn(-c2ccc(F)cc2)nc1C(N)=O. The molecule has 2 aromatic rings. The topological polar surface area (TPSA) is 116 Å². The molecule has 0 radical (unpaired) electrons. The van der Waals surface area contributed by atoms with Gasteiger partial charge < -0.3 is 16.8 Å². The van der Waals surface area contributed by atoms with Crippen LogP contribution in [0.1, 0.15) is 10.5 Å². The molecule has 0 spiro atoms. The molecule has 3 amide bonds. The molecule has 0 aliphatic carbocycles. The third-order valence-electron chi connectivity index (χ3n) is 2.30. The molecule has 0 fully saturated rings. The van der Waals surface area contributed by atoms with Crippen molar-refractivity contribution in [3.8, 4) is 5.69 Å². The standard InChI is InChI=1S/C11H10FN5O2/c12-6-1-3-7(4-2-6)17-5-8(15-11(14)19)9(16-17)10(13)18/h1-5H,(H2,13,18)(H3,14,15,19). The number of carbonyl (C=O) groups is 2. The lowest BCUT2D eigenvalue weighted by atomic mass is 10.3. The van der Waals surface area contributed by atoms with E-state index in [1.54, 1.807) is 0 Å². The van der Waals surface area contributed by atoms with Crippen molar-refractivity contribution in [1.29, 1.82) is 0 Å². The van der Waals surface area contributed by atoms with Gasteiger partial charge in [-0.1, -0.05) is 0 Å². The van der Waals surface area contributed by atoms with Crippen LogP contribution in [0, 0.1) is 5.82 Å². The number of nitrogens with zero attached hydrogens (tertiary/aromatic N) is 2. The third-order valence-corrected chi connectivity index (χ3v) is 2.30. The molecular formula is C11H10FN5O2. The van der Waals surface area contributed by atoms with Gasteiger partial charge in [-0.15, -0.1) is 0 Å². The summed E-state index contributed by atoms with van der Waals surface area (Å²) in [5.41, 5.74) is 10.6. The number of aromatic nitrogens is 2. The summed E-state index contributed by atoms with van der Waals surface area (Å²) >= 11 is 0. The van der Waals surface area contributed by atoms with Gasteiger partial charge in [-0.3, -0.25) is 4.79 Å². The number of hydrogen-bond acceptors (Lipinski definition) is 3. The second kappa shape index (κ2) is 4.77. The molecule has 0 atom stereocenters. The fraction of sp³-hybridized carbons (Fsp3) is 0. The molecule has 2 rings (SSSR count). The van der Waals surface area contributed by atoms with Gasteiger partial charge in [-0.2, -0.15) is 5.10 Å². The fourth-order valence-corrected chi connectivity index (χ4v) is 1.51. The first kappa shape index (κ1) is 12.6. The summed E-state index contributed by atoms with van der Waals surface area (Å²) in [6.07, 6.45) is 1.36. The molecule has 98 valence electrons. The van der Waals surface area contributed by atoms with Gasteiger partial charge in [-0.05, 0) is 24.3 Å². The zero-order valence-electron chi connectivity index (χ0n) is 9.63. The Morgan fingerprint density at radius 1 is 1.21 bits per heavy atom. The maximum atomic E-state index is 12.8. The van der Waals surface area contributed by atoms with E-state index in [0.717, 1.165) is 0 Å². The van der Waals surface area contributed by atoms with Crippen molar-refractivity contribution in [1.82, 2.24) is 9.78 Å². The Balaban J connectivity index is 2.45. The van der Waals surface area contributed by atoms with E-state index >= 15 is 0 Å². The van der Waals surface area contributed by atoms with Crippen molar-refractivity contribution >= 4 is 17.6 Å². The molecule has 0 saturated carbocycles. The van der Waals surface area contributed by atoms with Crippen LogP contribution in [0.3, 0.4) is 0 Å². The summed E-state index contributed by atoms with van der Waals surface area (Å²) in [6.45, 7) is 0. The average Bonchev–Trinajstić information content (AvgIpc) is 2.73. The number of hydrogen-bond donors (Lipinski definition) is 3. The Bertz CT molecular complexity index is 635. The Kier molecular flexibility index (Phi) is 3.15. The molecule has 0 aliphatic rings. The Morgan fingerprint density at radius 3 is 2.37 bits per heavy atom. The molecule has 0 bridgehead atoms. The molecule has 1 heterocycles. The van der Waals surface area contributed by atoms with Crippen LogP contribution in [0.25, 0.3) is 5.69 Å². The second-order valence-corrected chi connectivity index (χ2v) is 3.67. The Hall–Kier alpha value is -2.90. The molecule has 1 aromatic heterocycles. The number of rotatable bonds is 3. The summed E-state index contributed by atoms with van der Waals surface area (Å²) in [7, 11) is 0. The molecular weight excluding hydrogens is 253 g/mol. The molecule has 0 unspecified atom stereocenters. The number of amides is 3. The first-order chi connectivity index (χ1) is 8.97. The highest BCUT2D eigenvalue weighted by atomic mass is 19.1. The van der Waals surface area contributed by atoms with Crippen LogP contribution in [0.5, 0.6) is 0 Å². The first-order valence-electron chi connectivity index (χ1n) is 5.19. The van der Waals surface area contributed by atoms with E-state index < -0.39 is 17.8 Å². The highest BCUT2D eigenvalue weighted by Crippen LogP contribution is 2.17. The van der Waals surface area contributed by atoms with Gasteiger partial charge in [-0.25, -0.2) is 13.9 Å². The summed E-state index contributed by atoms with van der Waals surface area (Å²) in [5, 5.41) is 6.15. The van der Waals surface area contributed by atoms with Gasteiger partial charge in [0, 0.05) is 0 Å². The average molecular weight is 263 g/mol. The monoisotopic (exact) mass is 263 g/mol. The minimum absolute atomic E-state index is 0.0873. The van der Waals surface area contributed by atoms with Crippen LogP contribution < -0.4 is 16.8 Å². The van der Waals surface area contributed by atoms with E-state index in [2.05, 4.69) is 10.4 Å². The number of anilines is 1. The number of primary amides is 2. The van der Waals surface area contributed by atoms with E-state index in [-0.39, 0.29) is 11.4 Å². The minimum Gasteiger partial charge on any atom is -0.364 e. The van der Waals surface area contributed by atoms with Gasteiger partial charge in [0.1, 0.15) is 5.82 Å². The molecule has 0 saturated heterocycles. The number of nitrogens with one attached hydrogen (secondary N) is 1. The number of nitrogens with two attached hydrogens (primary N) is 2. The zero-order valence-corrected chi connectivity index (χ0v) is 9.63. The van der Waals surface area contributed by atoms with Gasteiger partial charge in [0.2, 0.25) is 0 Å². The summed E-state index contributed by atoms with van der Waals surface area (Å²) in [4.78, 5) is 22.0. The van der Waals surface area contributed by atoms with Crippen molar-refractivity contribution in [3.05, 3.63) is 42.0 Å². The van der Waals surface area contributed by atoms with E-state index in [1.807, 2.05) is 0 Å². The molecule has 0 aliphatic heterocycles. The highest BCUT2D eigenvalue weighted by molar-refractivity contribution is 6.00. The van der Waals surface area contributed by atoms with Crippen LogP contribution in [0.4, 0.5) is 14.9 Å². The summed E-state index contributed by atoms with van der Waals surface area (Å²) < 4.78 is 14.1. The van der Waals surface area contributed by atoms with E-state index in [9.17, 15) is 14.0 Å². The molecule has 7 nitrogen and oxygen atoms in total. The predicted octanol–water partition coefficient (Wildman–Crippen LogP) is 0.601. The van der Waals surface area contributed by atoms with Crippen LogP contribution in [-0.2, 0) is 0 Å². The van der Waals surface area contributed by atoms with Crippen molar-refractivity contribution < 1.29 is 14.0 Å². The lowest BCUT2D eigenvalue weighted by Gasteiger charge is -1.99. The number of halogens is 1. The summed E-state index contributed by atoms with van der Waals surface area (Å²) in [6, 6.07) is 4.55. The molecule has 1 aromatic carbocycles. The van der Waals surface area contributed by atoms with Crippen LogP contribution >= 0.6 is 0 Å². The van der Waals surface area contributed by atoms with E-state index in [4.69, 9.17) is 11.5 Å². The van der Waals surface area contributed by atoms with Crippen LogP contribution in [0.2, 0.25) is 0 Å². The van der Waals surface area contributed by atoms with E-state index in [0.29, 0.717) is 5.69 Å². The second-order valence-electron chi connectivity index (χ2n) is 3.67. The minimum atomic E-state index is -0.846. The lowest BCUT2D eigenvalue weighted by molar-refractivity contribution is 0.0996.